The Balaban J connectivity index is 1.29. The van der Waals surface area contributed by atoms with E-state index in [1.165, 1.54) is 12.1 Å². The first kappa shape index (κ1) is 22.7. The van der Waals surface area contributed by atoms with Gasteiger partial charge < -0.3 is 9.80 Å². The van der Waals surface area contributed by atoms with Crippen LogP contribution in [-0.4, -0.2) is 75.2 Å². The first-order valence-corrected chi connectivity index (χ1v) is 12.9. The number of nitrogens with zero attached hydrogens (tertiary/aromatic N) is 3. The molecule has 2 aliphatic heterocycles. The van der Waals surface area contributed by atoms with Crippen LogP contribution in [-0.2, 0) is 14.6 Å². The predicted molar refractivity (Wildman–Crippen MR) is 123 cm³/mol. The van der Waals surface area contributed by atoms with Gasteiger partial charge in [0.2, 0.25) is 5.91 Å². The van der Waals surface area contributed by atoms with Crippen molar-refractivity contribution >= 4 is 21.4 Å². The van der Waals surface area contributed by atoms with Crippen molar-refractivity contribution in [1.29, 1.82) is 0 Å². The van der Waals surface area contributed by atoms with Crippen LogP contribution in [0.25, 0.3) is 0 Å². The van der Waals surface area contributed by atoms with Crippen molar-refractivity contribution in [3.63, 3.8) is 0 Å². The van der Waals surface area contributed by atoms with Gasteiger partial charge in [0.25, 0.3) is 0 Å². The Kier molecular flexibility index (Phi) is 7.10. The highest BCUT2D eigenvalue weighted by atomic mass is 32.2. The van der Waals surface area contributed by atoms with Crippen LogP contribution in [0.1, 0.15) is 19.3 Å². The van der Waals surface area contributed by atoms with Crippen LogP contribution in [0.3, 0.4) is 0 Å². The summed E-state index contributed by atoms with van der Waals surface area (Å²) in [4.78, 5) is 19.4. The summed E-state index contributed by atoms with van der Waals surface area (Å²) < 4.78 is 38.3. The summed E-state index contributed by atoms with van der Waals surface area (Å²) in [6, 6.07) is 15.3. The number of halogens is 1. The van der Waals surface area contributed by atoms with Gasteiger partial charge in [-0.15, -0.1) is 0 Å². The first-order valence-electron chi connectivity index (χ1n) is 11.2. The lowest BCUT2D eigenvalue weighted by Crippen LogP contribution is -2.50. The number of hydrogen-bond donors (Lipinski definition) is 0. The molecular weight excluding hydrogens is 429 g/mol. The van der Waals surface area contributed by atoms with Gasteiger partial charge in [0.1, 0.15) is 5.82 Å². The van der Waals surface area contributed by atoms with E-state index in [9.17, 15) is 17.6 Å². The minimum atomic E-state index is -3.40. The largest absolute Gasteiger partial charge is 0.369 e. The van der Waals surface area contributed by atoms with E-state index in [0.29, 0.717) is 23.9 Å². The van der Waals surface area contributed by atoms with E-state index in [1.54, 1.807) is 35.2 Å². The number of benzene rings is 2. The minimum Gasteiger partial charge on any atom is -0.369 e. The van der Waals surface area contributed by atoms with Crippen molar-refractivity contribution in [3.8, 4) is 0 Å². The number of rotatable bonds is 6. The molecule has 2 aromatic carbocycles. The van der Waals surface area contributed by atoms with Gasteiger partial charge in [-0.05, 0) is 49.2 Å². The summed E-state index contributed by atoms with van der Waals surface area (Å²) in [5.74, 6) is -0.235. The number of carbonyl (C=O) groups is 1. The molecule has 1 unspecified atom stereocenters. The van der Waals surface area contributed by atoms with Crippen LogP contribution in [0.15, 0.2) is 59.5 Å². The highest BCUT2D eigenvalue weighted by molar-refractivity contribution is 7.91. The average molecular weight is 460 g/mol. The van der Waals surface area contributed by atoms with E-state index in [4.69, 9.17) is 0 Å². The monoisotopic (exact) mass is 459 g/mol. The molecule has 0 bridgehead atoms. The number of piperazine rings is 1. The van der Waals surface area contributed by atoms with Crippen LogP contribution in [0, 0.1) is 5.82 Å². The van der Waals surface area contributed by atoms with Crippen molar-refractivity contribution in [3.05, 3.63) is 60.4 Å². The number of carbonyl (C=O) groups excluding carboxylic acids is 1. The number of sulfone groups is 1. The van der Waals surface area contributed by atoms with Gasteiger partial charge in [0.15, 0.2) is 9.84 Å². The SMILES string of the molecule is O=C1CCC(N2CCN(c3ccc(F)cc3)CC2)CCN1CCS(=O)(=O)c1ccccc1. The summed E-state index contributed by atoms with van der Waals surface area (Å²) in [6.45, 7) is 4.37. The molecule has 2 saturated heterocycles. The van der Waals surface area contributed by atoms with Gasteiger partial charge in [-0.2, -0.15) is 0 Å². The Morgan fingerprint density at radius 1 is 0.875 bits per heavy atom. The topological polar surface area (TPSA) is 60.9 Å². The van der Waals surface area contributed by atoms with Crippen LogP contribution in [0.4, 0.5) is 10.1 Å². The third kappa shape index (κ3) is 5.48. The molecule has 2 fully saturated rings. The van der Waals surface area contributed by atoms with Crippen LogP contribution < -0.4 is 4.90 Å². The smallest absolute Gasteiger partial charge is 0.222 e. The molecule has 8 heteroatoms. The fraction of sp³-hybridized carbons (Fsp3) is 0.458. The predicted octanol–water partition coefficient (Wildman–Crippen LogP) is 2.80. The standard InChI is InChI=1S/C24H30FN3O3S/c25-20-6-8-21(9-7-20)26-14-16-27(17-15-26)22-10-11-24(29)28(13-12-22)18-19-32(30,31)23-4-2-1-3-5-23/h1-9,22H,10-19H2. The van der Waals surface area contributed by atoms with Crippen molar-refractivity contribution in [2.24, 2.45) is 0 Å². The van der Waals surface area contributed by atoms with E-state index in [2.05, 4.69) is 9.80 Å². The highest BCUT2D eigenvalue weighted by Gasteiger charge is 2.29. The Bertz CT molecular complexity index is 1010. The molecule has 32 heavy (non-hydrogen) atoms. The molecule has 0 N–H and O–H groups in total. The second-order valence-corrected chi connectivity index (χ2v) is 10.6. The Labute approximate surface area is 189 Å². The maximum Gasteiger partial charge on any atom is 0.222 e. The lowest BCUT2D eigenvalue weighted by Gasteiger charge is -2.40. The van der Waals surface area contributed by atoms with Crippen LogP contribution in [0.2, 0.25) is 0 Å². The molecule has 172 valence electrons. The molecule has 0 radical (unpaired) electrons. The number of hydrogen-bond acceptors (Lipinski definition) is 5. The summed E-state index contributed by atoms with van der Waals surface area (Å²) in [6.07, 6.45) is 2.11. The zero-order chi connectivity index (χ0) is 22.6. The molecule has 4 rings (SSSR count). The summed E-state index contributed by atoms with van der Waals surface area (Å²) in [5.41, 5.74) is 1.04. The maximum absolute atomic E-state index is 13.2. The average Bonchev–Trinajstić information content (AvgIpc) is 3.00. The van der Waals surface area contributed by atoms with E-state index in [1.807, 2.05) is 12.1 Å². The Hall–Kier alpha value is -2.45. The van der Waals surface area contributed by atoms with Crippen molar-refractivity contribution in [1.82, 2.24) is 9.80 Å². The van der Waals surface area contributed by atoms with Crippen molar-refractivity contribution in [2.75, 3.05) is 49.9 Å². The van der Waals surface area contributed by atoms with Crippen LogP contribution in [0.5, 0.6) is 0 Å². The number of amides is 1. The molecule has 1 atom stereocenters. The van der Waals surface area contributed by atoms with Gasteiger partial charge in [-0.3, -0.25) is 9.69 Å². The van der Waals surface area contributed by atoms with E-state index in [0.717, 1.165) is 44.7 Å². The summed E-state index contributed by atoms with van der Waals surface area (Å²) in [5, 5.41) is 0. The minimum absolute atomic E-state index is 0.0423. The van der Waals surface area contributed by atoms with Gasteiger partial charge in [0.05, 0.1) is 10.6 Å². The van der Waals surface area contributed by atoms with Gasteiger partial charge in [-0.25, -0.2) is 12.8 Å². The molecule has 0 saturated carbocycles. The van der Waals surface area contributed by atoms with Gasteiger partial charge in [0, 0.05) is 57.4 Å². The van der Waals surface area contributed by atoms with E-state index in [-0.39, 0.29) is 24.0 Å². The maximum atomic E-state index is 13.2. The molecule has 2 aliphatic rings. The zero-order valence-corrected chi connectivity index (χ0v) is 19.0. The molecule has 1 amide bonds. The molecule has 6 nitrogen and oxygen atoms in total. The number of likely N-dealkylation sites (tertiary alicyclic amines) is 1. The van der Waals surface area contributed by atoms with E-state index >= 15 is 0 Å². The quantitative estimate of drug-likeness (QED) is 0.665. The Morgan fingerprint density at radius 3 is 2.25 bits per heavy atom. The molecule has 0 spiro atoms. The van der Waals surface area contributed by atoms with Gasteiger partial charge >= 0.3 is 0 Å². The third-order valence-electron chi connectivity index (χ3n) is 6.53. The molecule has 2 heterocycles. The Morgan fingerprint density at radius 2 is 1.56 bits per heavy atom. The first-order chi connectivity index (χ1) is 15.4. The fourth-order valence-corrected chi connectivity index (χ4v) is 5.87. The van der Waals surface area contributed by atoms with E-state index < -0.39 is 9.84 Å². The third-order valence-corrected chi connectivity index (χ3v) is 8.24. The van der Waals surface area contributed by atoms with Crippen molar-refractivity contribution in [2.45, 2.75) is 30.2 Å². The lowest BCUT2D eigenvalue weighted by molar-refractivity contribution is -0.130. The summed E-state index contributed by atoms with van der Waals surface area (Å²) in [7, 11) is -3.40. The highest BCUT2D eigenvalue weighted by Crippen LogP contribution is 2.22. The second kappa shape index (κ2) is 10.0. The summed E-state index contributed by atoms with van der Waals surface area (Å²) >= 11 is 0. The zero-order valence-electron chi connectivity index (χ0n) is 18.2. The molecular formula is C24H30FN3O3S. The molecule has 0 aliphatic carbocycles. The van der Waals surface area contributed by atoms with Gasteiger partial charge in [-0.1, -0.05) is 18.2 Å². The molecule has 2 aromatic rings. The second-order valence-electron chi connectivity index (χ2n) is 8.49. The molecule has 0 aromatic heterocycles. The van der Waals surface area contributed by atoms with Crippen LogP contribution >= 0.6 is 0 Å². The lowest BCUT2D eigenvalue weighted by atomic mass is 10.1. The fourth-order valence-electron chi connectivity index (χ4n) is 4.60. The van der Waals surface area contributed by atoms with Crippen molar-refractivity contribution < 1.29 is 17.6 Å². The normalized spacial score (nSPS) is 20.9. The number of anilines is 1.